The first-order valence-corrected chi connectivity index (χ1v) is 5.27. The molecule has 0 spiro atoms. The van der Waals surface area contributed by atoms with Crippen LogP contribution in [-0.4, -0.2) is 31.8 Å². The first-order valence-electron chi connectivity index (χ1n) is 4.15. The van der Waals surface area contributed by atoms with Gasteiger partial charge in [0.2, 0.25) is 0 Å². The highest BCUT2D eigenvalue weighted by atomic mass is 79.9. The second kappa shape index (κ2) is 12.3. The molecule has 0 saturated carbocycles. The zero-order valence-corrected chi connectivity index (χ0v) is 9.60. The van der Waals surface area contributed by atoms with Gasteiger partial charge in [0, 0.05) is 0 Å². The number of ether oxygens (including phenoxy) is 2. The van der Waals surface area contributed by atoms with E-state index in [1.165, 1.54) is 0 Å². The van der Waals surface area contributed by atoms with E-state index in [0.717, 1.165) is 0 Å². The lowest BCUT2D eigenvalue weighted by Crippen LogP contribution is -1.93. The second-order valence-electron chi connectivity index (χ2n) is 2.14. The molecule has 0 amide bonds. The summed E-state index contributed by atoms with van der Waals surface area (Å²) in [6.45, 7) is 5.29. The summed E-state index contributed by atoms with van der Waals surface area (Å²) in [7, 11) is 0. The molecule has 76 valence electrons. The quantitative estimate of drug-likeness (QED) is 0.322. The van der Waals surface area contributed by atoms with Gasteiger partial charge in [-0.25, -0.2) is 0 Å². The average molecular weight is 257 g/mol. The molecule has 0 fully saturated rings. The van der Waals surface area contributed by atoms with Crippen molar-refractivity contribution in [3.63, 3.8) is 0 Å². The average Bonchev–Trinajstić information content (AvgIpc) is 2.21. The Balaban J connectivity index is 3.21. The molecule has 0 atom stereocenters. The fraction of sp³-hybridized carbons (Fsp3) is 0.455. The zero-order chi connectivity index (χ0) is 10.5. The summed E-state index contributed by atoms with van der Waals surface area (Å²) >= 11 is 3.19. The summed E-state index contributed by atoms with van der Waals surface area (Å²) in [5, 5.41) is 0.678. The fourth-order valence-electron chi connectivity index (χ4n) is 0.547. The van der Waals surface area contributed by atoms with Crippen molar-refractivity contribution >= 4 is 15.9 Å². The van der Waals surface area contributed by atoms with Crippen molar-refractivity contribution in [3.05, 3.63) is 12.7 Å². The van der Waals surface area contributed by atoms with E-state index in [1.54, 1.807) is 6.08 Å². The zero-order valence-electron chi connectivity index (χ0n) is 8.01. The largest absolute Gasteiger partial charge is 0.365 e. The van der Waals surface area contributed by atoms with E-state index in [0.29, 0.717) is 31.8 Å². The molecule has 0 aliphatic rings. The van der Waals surface area contributed by atoms with Gasteiger partial charge in [-0.1, -0.05) is 45.7 Å². The number of rotatable bonds is 5. The van der Waals surface area contributed by atoms with Crippen LogP contribution in [0.25, 0.3) is 0 Å². The van der Waals surface area contributed by atoms with Crippen LogP contribution in [0, 0.1) is 23.7 Å². The summed E-state index contributed by atoms with van der Waals surface area (Å²) in [6, 6.07) is 0. The second-order valence-corrected chi connectivity index (χ2v) is 2.70. The van der Waals surface area contributed by atoms with Crippen LogP contribution in [0.1, 0.15) is 0 Å². The SMILES string of the molecule is C=CCOCC#CCOCC#CCBr. The highest BCUT2D eigenvalue weighted by Gasteiger charge is 1.78. The van der Waals surface area contributed by atoms with Crippen molar-refractivity contribution < 1.29 is 9.47 Å². The maximum atomic E-state index is 5.10. The molecule has 2 nitrogen and oxygen atoms in total. The number of hydrogen-bond donors (Lipinski definition) is 0. The molecule has 0 radical (unpaired) electrons. The van der Waals surface area contributed by atoms with Gasteiger partial charge in [-0.3, -0.25) is 0 Å². The first-order chi connectivity index (χ1) is 6.91. The van der Waals surface area contributed by atoms with E-state index in [-0.39, 0.29) is 0 Å². The van der Waals surface area contributed by atoms with E-state index in [2.05, 4.69) is 46.2 Å². The van der Waals surface area contributed by atoms with Crippen molar-refractivity contribution in [3.8, 4) is 23.7 Å². The van der Waals surface area contributed by atoms with Crippen molar-refractivity contribution in [1.82, 2.24) is 0 Å². The van der Waals surface area contributed by atoms with Gasteiger partial charge in [-0.05, 0) is 0 Å². The third-order valence-electron chi connectivity index (χ3n) is 1.08. The molecule has 0 aromatic carbocycles. The predicted molar refractivity (Wildman–Crippen MR) is 61.2 cm³/mol. The first kappa shape index (κ1) is 13.3. The molecule has 0 N–H and O–H groups in total. The van der Waals surface area contributed by atoms with E-state index >= 15 is 0 Å². The Morgan fingerprint density at radius 3 is 2.14 bits per heavy atom. The standard InChI is InChI=1S/C11H13BrO2/c1-2-8-13-10-5-6-11-14-9-4-3-7-12/h2H,1,7-11H2. The molecule has 0 aromatic heterocycles. The summed E-state index contributed by atoms with van der Waals surface area (Å²) in [4.78, 5) is 0. The van der Waals surface area contributed by atoms with Crippen molar-refractivity contribution in [1.29, 1.82) is 0 Å². The Morgan fingerprint density at radius 2 is 1.57 bits per heavy atom. The van der Waals surface area contributed by atoms with Gasteiger partial charge in [0.15, 0.2) is 0 Å². The van der Waals surface area contributed by atoms with Gasteiger partial charge >= 0.3 is 0 Å². The minimum atomic E-state index is 0.397. The van der Waals surface area contributed by atoms with Gasteiger partial charge < -0.3 is 9.47 Å². The molecule has 0 aliphatic carbocycles. The highest BCUT2D eigenvalue weighted by Crippen LogP contribution is 1.76. The monoisotopic (exact) mass is 256 g/mol. The van der Waals surface area contributed by atoms with Crippen LogP contribution in [-0.2, 0) is 9.47 Å². The number of hydrogen-bond acceptors (Lipinski definition) is 2. The van der Waals surface area contributed by atoms with Gasteiger partial charge in [0.25, 0.3) is 0 Å². The summed E-state index contributed by atoms with van der Waals surface area (Å²) < 4.78 is 10.1. The van der Waals surface area contributed by atoms with Crippen LogP contribution >= 0.6 is 15.9 Å². The minimum Gasteiger partial charge on any atom is -0.365 e. The molecule has 3 heteroatoms. The summed E-state index contributed by atoms with van der Waals surface area (Å²) in [5.41, 5.74) is 0. The molecule has 0 aliphatic heterocycles. The molecular formula is C11H13BrO2. The highest BCUT2D eigenvalue weighted by molar-refractivity contribution is 9.09. The third kappa shape index (κ3) is 11.3. The van der Waals surface area contributed by atoms with Crippen LogP contribution in [0.5, 0.6) is 0 Å². The summed E-state index contributed by atoms with van der Waals surface area (Å²) in [5.74, 6) is 11.3. The van der Waals surface area contributed by atoms with Crippen LogP contribution in [0.3, 0.4) is 0 Å². The lowest BCUT2D eigenvalue weighted by Gasteiger charge is -1.91. The Kier molecular flexibility index (Phi) is 11.6. The number of halogens is 1. The van der Waals surface area contributed by atoms with Crippen molar-refractivity contribution in [2.75, 3.05) is 31.8 Å². The van der Waals surface area contributed by atoms with Crippen LogP contribution in [0.2, 0.25) is 0 Å². The molecule has 14 heavy (non-hydrogen) atoms. The van der Waals surface area contributed by atoms with E-state index in [4.69, 9.17) is 9.47 Å². The maximum absolute atomic E-state index is 5.10. The molecule has 0 aromatic rings. The Hall–Kier alpha value is -0.740. The van der Waals surface area contributed by atoms with Crippen molar-refractivity contribution in [2.45, 2.75) is 0 Å². The van der Waals surface area contributed by atoms with Crippen LogP contribution in [0.4, 0.5) is 0 Å². The Morgan fingerprint density at radius 1 is 1.00 bits per heavy atom. The Labute approximate surface area is 93.8 Å². The van der Waals surface area contributed by atoms with Gasteiger partial charge in [0.05, 0.1) is 11.9 Å². The molecule has 0 rings (SSSR count). The third-order valence-corrected chi connectivity index (χ3v) is 1.36. The van der Waals surface area contributed by atoms with Crippen LogP contribution in [0.15, 0.2) is 12.7 Å². The maximum Gasteiger partial charge on any atom is 0.109 e. The van der Waals surface area contributed by atoms with Crippen molar-refractivity contribution in [2.24, 2.45) is 0 Å². The topological polar surface area (TPSA) is 18.5 Å². The smallest absolute Gasteiger partial charge is 0.109 e. The molecule has 0 bridgehead atoms. The van der Waals surface area contributed by atoms with Gasteiger partial charge in [-0.2, -0.15) is 0 Å². The normalized spacial score (nSPS) is 8.07. The lowest BCUT2D eigenvalue weighted by atomic mass is 10.6. The molecule has 0 heterocycles. The van der Waals surface area contributed by atoms with Gasteiger partial charge in [-0.15, -0.1) is 6.58 Å². The molecule has 0 saturated heterocycles. The number of alkyl halides is 1. The molecular weight excluding hydrogens is 244 g/mol. The lowest BCUT2D eigenvalue weighted by molar-refractivity contribution is 0.195. The fourth-order valence-corrected chi connectivity index (χ4v) is 0.745. The Bertz CT molecular complexity index is 252. The summed E-state index contributed by atoms with van der Waals surface area (Å²) in [6.07, 6.45) is 1.69. The van der Waals surface area contributed by atoms with Crippen LogP contribution < -0.4 is 0 Å². The van der Waals surface area contributed by atoms with E-state index < -0.39 is 0 Å². The molecule has 0 unspecified atom stereocenters. The van der Waals surface area contributed by atoms with E-state index in [1.807, 2.05) is 0 Å². The minimum absolute atomic E-state index is 0.397. The predicted octanol–water partition coefficient (Wildman–Crippen LogP) is 1.61. The van der Waals surface area contributed by atoms with E-state index in [9.17, 15) is 0 Å². The van der Waals surface area contributed by atoms with Gasteiger partial charge in [0.1, 0.15) is 19.8 Å².